The number of nitrogens with zero attached hydrogens (tertiary/aromatic N) is 3. The summed E-state index contributed by atoms with van der Waals surface area (Å²) in [6.07, 6.45) is 0.540. The fourth-order valence-electron chi connectivity index (χ4n) is 2.95. The topological polar surface area (TPSA) is 215 Å². The number of hydrogen-bond acceptors (Lipinski definition) is 8. The predicted molar refractivity (Wildman–Crippen MR) is 130 cm³/mol. The van der Waals surface area contributed by atoms with Crippen LogP contribution in [0.15, 0.2) is 17.5 Å². The van der Waals surface area contributed by atoms with E-state index in [0.29, 0.717) is 10.6 Å². The first-order valence-corrected chi connectivity index (χ1v) is 11.3. The number of nitrogens with two attached hydrogens (primary N) is 2. The second-order valence-electron chi connectivity index (χ2n) is 9.97. The number of carboxylic acids is 1. The van der Waals surface area contributed by atoms with Crippen LogP contribution in [0.4, 0.5) is 9.59 Å². The van der Waals surface area contributed by atoms with Gasteiger partial charge >= 0.3 is 18.2 Å². The van der Waals surface area contributed by atoms with E-state index in [0.717, 1.165) is 0 Å². The smallest absolute Gasteiger partial charge is 0.417 e. The van der Waals surface area contributed by atoms with E-state index >= 15 is 0 Å². The lowest BCUT2D eigenvalue weighted by molar-refractivity contribution is -0.150. The molecule has 14 heteroatoms. The summed E-state index contributed by atoms with van der Waals surface area (Å²) in [6.45, 7) is 9.77. The third-order valence-corrected chi connectivity index (χ3v) is 4.33. The van der Waals surface area contributed by atoms with Crippen LogP contribution in [0.25, 0.3) is 0 Å². The number of carboxylic acid groups (broad SMARTS) is 1. The van der Waals surface area contributed by atoms with E-state index in [9.17, 15) is 24.3 Å². The monoisotopic (exact) mass is 511 g/mol. The molecule has 0 spiro atoms. The summed E-state index contributed by atoms with van der Waals surface area (Å²) in [6, 6.07) is -3.00. The van der Waals surface area contributed by atoms with Gasteiger partial charge in [0.1, 0.15) is 23.3 Å². The molecule has 1 rings (SSSR count). The number of carbonyl (C=O) groups is 4. The number of hydrogen-bond donors (Lipinski definition) is 5. The summed E-state index contributed by atoms with van der Waals surface area (Å²) >= 11 is 0. The molecule has 36 heavy (non-hydrogen) atoms. The minimum Gasteiger partial charge on any atom is -0.480 e. The third kappa shape index (κ3) is 11.1. The Hall–Kier alpha value is -3.84. The maximum atomic E-state index is 13.7. The Morgan fingerprint density at radius 2 is 1.75 bits per heavy atom. The molecule has 0 aliphatic rings. The maximum Gasteiger partial charge on any atom is 0.417 e. The molecule has 0 aliphatic carbocycles. The number of alkyl carbamates (subject to hydrolysis) is 1. The van der Waals surface area contributed by atoms with E-state index < -0.39 is 47.3 Å². The molecule has 0 saturated carbocycles. The van der Waals surface area contributed by atoms with E-state index in [4.69, 9.17) is 20.9 Å². The number of imide groups is 1. The zero-order valence-corrected chi connectivity index (χ0v) is 21.5. The Labute approximate surface area is 209 Å². The van der Waals surface area contributed by atoms with Gasteiger partial charge in [-0.2, -0.15) is 0 Å². The molecule has 0 radical (unpaired) electrons. The Morgan fingerprint density at radius 3 is 2.22 bits per heavy atom. The fourth-order valence-corrected chi connectivity index (χ4v) is 2.95. The molecular weight excluding hydrogens is 474 g/mol. The van der Waals surface area contributed by atoms with Crippen molar-refractivity contribution in [3.8, 4) is 0 Å². The van der Waals surface area contributed by atoms with Gasteiger partial charge in [-0.15, -0.1) is 0 Å². The zero-order chi connectivity index (χ0) is 27.7. The van der Waals surface area contributed by atoms with Crippen LogP contribution in [-0.2, 0) is 25.5 Å². The van der Waals surface area contributed by atoms with Crippen molar-refractivity contribution >= 4 is 30.0 Å². The Bertz CT molecular complexity index is 930. The average molecular weight is 512 g/mol. The summed E-state index contributed by atoms with van der Waals surface area (Å²) in [7, 11) is 0. The van der Waals surface area contributed by atoms with E-state index in [-0.39, 0.29) is 31.8 Å². The summed E-state index contributed by atoms with van der Waals surface area (Å²) in [5.41, 5.74) is 9.13. The van der Waals surface area contributed by atoms with Gasteiger partial charge in [0, 0.05) is 24.9 Å². The summed E-state index contributed by atoms with van der Waals surface area (Å²) in [5.74, 6) is -2.61. The van der Waals surface area contributed by atoms with Crippen LogP contribution in [0.3, 0.4) is 0 Å². The number of amides is 3. The number of carbonyl (C=O) groups excluding carboxylic acids is 3. The first-order valence-electron chi connectivity index (χ1n) is 11.3. The Morgan fingerprint density at radius 1 is 1.14 bits per heavy atom. The summed E-state index contributed by atoms with van der Waals surface area (Å²) in [5, 5.41) is 12.4. The number of nitrogens with one attached hydrogen (secondary N) is 2. The molecule has 1 aromatic rings. The standard InChI is InChI=1S/C22H37N7O7/c1-21(2,3)35-19(33)28-14(8-7-9-26-18(23)24)16(30)29(20(34)36-22(4,5)6)15(17(31)32)10-13-11-25-12-27-13/h11-12,14-15H,7-10H2,1-6H3,(H,25,27)(H,28,33)(H,31,32)(H4,23,24,26)/t14-,15-/m0/s1. The number of ether oxygens (including phenoxy) is 2. The van der Waals surface area contributed by atoms with Crippen molar-refractivity contribution in [3.05, 3.63) is 18.2 Å². The molecule has 0 saturated heterocycles. The fraction of sp³-hybridized carbons (Fsp3) is 0.636. The predicted octanol–water partition coefficient (Wildman–Crippen LogP) is 1.12. The minimum absolute atomic E-state index is 0.0233. The molecule has 2 atom stereocenters. The molecule has 202 valence electrons. The zero-order valence-electron chi connectivity index (χ0n) is 21.5. The van der Waals surface area contributed by atoms with Crippen LogP contribution in [0.5, 0.6) is 0 Å². The van der Waals surface area contributed by atoms with E-state index in [1.165, 1.54) is 12.5 Å². The number of H-pyrrole nitrogens is 1. The highest BCUT2D eigenvalue weighted by Gasteiger charge is 2.41. The van der Waals surface area contributed by atoms with Crippen LogP contribution < -0.4 is 16.8 Å². The molecule has 0 aliphatic heterocycles. The van der Waals surface area contributed by atoms with Crippen molar-refractivity contribution in [1.29, 1.82) is 0 Å². The SMILES string of the molecule is CC(C)(C)OC(=O)N[C@@H](CCCN=C(N)N)C(=O)N(C(=O)OC(C)(C)C)[C@@H](Cc1cnc[nH]1)C(=O)O. The van der Waals surface area contributed by atoms with Crippen molar-refractivity contribution in [2.75, 3.05) is 6.54 Å². The lowest BCUT2D eigenvalue weighted by Gasteiger charge is -2.32. The number of rotatable bonds is 10. The van der Waals surface area contributed by atoms with E-state index in [1.54, 1.807) is 41.5 Å². The van der Waals surface area contributed by atoms with Gasteiger partial charge in [0.15, 0.2) is 5.96 Å². The van der Waals surface area contributed by atoms with Gasteiger partial charge < -0.3 is 36.3 Å². The third-order valence-electron chi connectivity index (χ3n) is 4.33. The number of aromatic amines is 1. The van der Waals surface area contributed by atoms with Crippen LogP contribution in [0, 0.1) is 0 Å². The molecular formula is C22H37N7O7. The van der Waals surface area contributed by atoms with Crippen molar-refractivity contribution in [1.82, 2.24) is 20.2 Å². The summed E-state index contributed by atoms with van der Waals surface area (Å²) < 4.78 is 10.6. The van der Waals surface area contributed by atoms with Gasteiger partial charge in [0.25, 0.3) is 5.91 Å². The highest BCUT2D eigenvalue weighted by Crippen LogP contribution is 2.18. The first kappa shape index (κ1) is 30.2. The summed E-state index contributed by atoms with van der Waals surface area (Å²) in [4.78, 5) is 62.4. The van der Waals surface area contributed by atoms with Crippen molar-refractivity contribution in [3.63, 3.8) is 0 Å². The van der Waals surface area contributed by atoms with Crippen molar-refractivity contribution < 1.29 is 33.8 Å². The number of aliphatic imine (C=N–C) groups is 1. The van der Waals surface area contributed by atoms with Gasteiger partial charge in [-0.25, -0.2) is 24.3 Å². The highest BCUT2D eigenvalue weighted by atomic mass is 16.6. The largest absolute Gasteiger partial charge is 0.480 e. The average Bonchev–Trinajstić information content (AvgIpc) is 3.19. The molecule has 14 nitrogen and oxygen atoms in total. The van der Waals surface area contributed by atoms with E-state index in [1.807, 2.05) is 0 Å². The lowest BCUT2D eigenvalue weighted by Crippen LogP contribution is -2.58. The molecule has 0 unspecified atom stereocenters. The van der Waals surface area contributed by atoms with Crippen molar-refractivity contribution in [2.24, 2.45) is 16.5 Å². The second-order valence-corrected chi connectivity index (χ2v) is 9.97. The molecule has 0 aromatic carbocycles. The van der Waals surface area contributed by atoms with Gasteiger partial charge in [-0.05, 0) is 54.4 Å². The van der Waals surface area contributed by atoms with Crippen molar-refractivity contribution in [2.45, 2.75) is 84.1 Å². The highest BCUT2D eigenvalue weighted by molar-refractivity contribution is 6.00. The van der Waals surface area contributed by atoms with Crippen LogP contribution in [-0.4, -0.2) is 79.8 Å². The van der Waals surface area contributed by atoms with Crippen LogP contribution in [0.2, 0.25) is 0 Å². The van der Waals surface area contributed by atoms with Crippen LogP contribution in [0.1, 0.15) is 60.1 Å². The normalized spacial score (nSPS) is 13.2. The number of aliphatic carboxylic acids is 1. The number of aromatic nitrogens is 2. The van der Waals surface area contributed by atoms with E-state index in [2.05, 4.69) is 20.3 Å². The van der Waals surface area contributed by atoms with Gasteiger partial charge in [0.2, 0.25) is 0 Å². The Balaban J connectivity index is 3.37. The van der Waals surface area contributed by atoms with Gasteiger partial charge in [-0.3, -0.25) is 9.79 Å². The Kier molecular flexibility index (Phi) is 10.7. The quantitative estimate of drug-likeness (QED) is 0.171. The minimum atomic E-state index is -1.66. The molecule has 0 bridgehead atoms. The molecule has 3 amide bonds. The molecule has 7 N–H and O–H groups in total. The molecule has 1 heterocycles. The van der Waals surface area contributed by atoms with Crippen LogP contribution >= 0.6 is 0 Å². The number of imidazole rings is 1. The molecule has 0 fully saturated rings. The first-order chi connectivity index (χ1) is 16.5. The second kappa shape index (κ2) is 12.7. The molecule has 1 aromatic heterocycles. The van der Waals surface area contributed by atoms with Gasteiger partial charge in [0.05, 0.1) is 6.33 Å². The lowest BCUT2D eigenvalue weighted by atomic mass is 10.1. The maximum absolute atomic E-state index is 13.7. The number of guanidine groups is 1. The van der Waals surface area contributed by atoms with Gasteiger partial charge in [-0.1, -0.05) is 0 Å².